The number of hydrogen-bond donors (Lipinski definition) is 0. The van der Waals surface area contributed by atoms with Crippen LogP contribution in [-0.4, -0.2) is 12.0 Å². The molecule has 1 aromatic carbocycles. The molecule has 0 N–H and O–H groups in total. The Kier molecular flexibility index (Phi) is 5.41. The highest BCUT2D eigenvalue weighted by molar-refractivity contribution is 6.32. The summed E-state index contributed by atoms with van der Waals surface area (Å²) in [6, 6.07) is 7.02. The number of hydrogen-bond acceptors (Lipinski definition) is 2. The van der Waals surface area contributed by atoms with E-state index in [4.69, 9.17) is 33.3 Å². The van der Waals surface area contributed by atoms with Crippen molar-refractivity contribution >= 4 is 23.2 Å². The average molecular weight is 208 g/mol. The highest BCUT2D eigenvalue weighted by Crippen LogP contribution is 2.12. The van der Waals surface area contributed by atoms with Gasteiger partial charge in [0.05, 0.1) is 0 Å². The number of nitrogens with zero attached hydrogens (tertiary/aromatic N) is 1. The summed E-state index contributed by atoms with van der Waals surface area (Å²) in [5, 5.41) is 10.2. The molecule has 0 spiro atoms. The van der Waals surface area contributed by atoms with Gasteiger partial charge in [0, 0.05) is 15.0 Å². The lowest BCUT2D eigenvalue weighted by Crippen LogP contribution is -1.79. The van der Waals surface area contributed by atoms with Crippen molar-refractivity contribution in [2.75, 3.05) is 7.05 Å². The highest BCUT2D eigenvalue weighted by atomic mass is 35.5. The molecule has 1 rings (SSSR count). The minimum atomic E-state index is -0.500. The van der Waals surface area contributed by atoms with Crippen LogP contribution in [0.2, 0.25) is 10.0 Å². The molecular weight excluding hydrogens is 201 g/mol. The largest absolute Gasteiger partial charge is 0.265 e. The lowest BCUT2D eigenvalue weighted by Gasteiger charge is -1.86. The molecule has 0 heterocycles. The van der Waals surface area contributed by atoms with E-state index in [-0.39, 0.29) is 0 Å². The maximum absolute atomic E-state index is 8.81. The van der Waals surface area contributed by atoms with Crippen molar-refractivity contribution < 1.29 is 4.92 Å². The highest BCUT2D eigenvalue weighted by Gasteiger charge is 1.83. The van der Waals surface area contributed by atoms with Crippen molar-refractivity contribution in [1.29, 1.82) is 0 Å². The molecule has 0 radical (unpaired) electrons. The smallest absolute Gasteiger partial charge is 0.194 e. The van der Waals surface area contributed by atoms with Crippen LogP contribution < -0.4 is 0 Å². The fourth-order valence-electron chi connectivity index (χ4n) is 0.430. The van der Waals surface area contributed by atoms with Crippen LogP contribution in [0.25, 0.3) is 0 Å². The van der Waals surface area contributed by atoms with E-state index < -0.39 is 4.92 Å². The Labute approximate surface area is 80.1 Å². The molecule has 5 heteroatoms. The quantitative estimate of drug-likeness (QED) is 0.485. The predicted octanol–water partition coefficient (Wildman–Crippen LogP) is 2.89. The van der Waals surface area contributed by atoms with Gasteiger partial charge >= 0.3 is 0 Å². The first kappa shape index (κ1) is 11.2. The maximum Gasteiger partial charge on any atom is 0.194 e. The van der Waals surface area contributed by atoms with E-state index in [9.17, 15) is 0 Å². The van der Waals surface area contributed by atoms with Crippen LogP contribution in [-0.2, 0) is 0 Å². The molecule has 0 unspecified atom stereocenters. The van der Waals surface area contributed by atoms with E-state index in [0.717, 1.165) is 17.1 Å². The fraction of sp³-hybridized carbons (Fsp3) is 0.143. The normalized spacial score (nSPS) is 8.25. The van der Waals surface area contributed by atoms with Crippen molar-refractivity contribution in [2.45, 2.75) is 0 Å². The molecule has 0 amide bonds. The Morgan fingerprint density at radius 1 is 1.17 bits per heavy atom. The molecule has 0 fully saturated rings. The van der Waals surface area contributed by atoms with Gasteiger partial charge in [-0.3, -0.25) is 10.1 Å². The topological polar surface area (TPSA) is 43.1 Å². The van der Waals surface area contributed by atoms with Gasteiger partial charge in [0.25, 0.3) is 0 Å². The number of rotatable bonds is 0. The van der Waals surface area contributed by atoms with E-state index in [0.29, 0.717) is 0 Å². The van der Waals surface area contributed by atoms with Gasteiger partial charge in [0.2, 0.25) is 0 Å². The van der Waals surface area contributed by atoms with Gasteiger partial charge < -0.3 is 0 Å². The molecule has 3 nitrogen and oxygen atoms in total. The van der Waals surface area contributed by atoms with Crippen LogP contribution in [0.3, 0.4) is 0 Å². The second-order valence-corrected chi connectivity index (χ2v) is 2.75. The molecule has 0 bridgehead atoms. The van der Waals surface area contributed by atoms with E-state index in [1.807, 2.05) is 0 Å². The summed E-state index contributed by atoms with van der Waals surface area (Å²) in [6.45, 7) is 0. The third-order valence-electron chi connectivity index (χ3n) is 0.804. The van der Waals surface area contributed by atoms with Gasteiger partial charge in [-0.1, -0.05) is 23.2 Å². The van der Waals surface area contributed by atoms with Crippen molar-refractivity contribution in [3.63, 3.8) is 0 Å². The molecule has 1 aromatic rings. The van der Waals surface area contributed by atoms with Crippen LogP contribution in [0.1, 0.15) is 0 Å². The summed E-state index contributed by atoms with van der Waals surface area (Å²) in [7, 11) is 0.889. The molecule has 0 aliphatic rings. The van der Waals surface area contributed by atoms with E-state index in [1.54, 1.807) is 24.3 Å². The zero-order valence-electron chi connectivity index (χ0n) is 6.33. The molecule has 0 aliphatic heterocycles. The van der Waals surface area contributed by atoms with Crippen molar-refractivity contribution in [3.8, 4) is 0 Å². The summed E-state index contributed by atoms with van der Waals surface area (Å²) in [5.74, 6) is 0. The van der Waals surface area contributed by atoms with Crippen LogP contribution >= 0.6 is 23.2 Å². The minimum Gasteiger partial charge on any atom is -0.265 e. The lowest BCUT2D eigenvalue weighted by atomic mass is 10.4. The summed E-state index contributed by atoms with van der Waals surface area (Å²) in [6.07, 6.45) is 0. The Balaban J connectivity index is 0.000000261. The summed E-state index contributed by atoms with van der Waals surface area (Å²) in [5.41, 5.74) is 0. The number of halogens is 2. The predicted molar refractivity (Wildman–Crippen MR) is 49.4 cm³/mol. The zero-order chi connectivity index (χ0) is 9.56. The third-order valence-corrected chi connectivity index (χ3v) is 1.31. The molecule has 66 valence electrons. The van der Waals surface area contributed by atoms with Gasteiger partial charge in [0.15, 0.2) is 7.05 Å². The summed E-state index contributed by atoms with van der Waals surface area (Å²) in [4.78, 5) is 8.31. The van der Waals surface area contributed by atoms with E-state index in [2.05, 4.69) is 0 Å². The van der Waals surface area contributed by atoms with Gasteiger partial charge in [-0.05, 0) is 24.3 Å². The third kappa shape index (κ3) is 7.31. The van der Waals surface area contributed by atoms with Crippen LogP contribution in [0.4, 0.5) is 0 Å². The lowest BCUT2D eigenvalue weighted by molar-refractivity contribution is -0.445. The zero-order valence-corrected chi connectivity index (χ0v) is 7.84. The average Bonchev–Trinajstić information content (AvgIpc) is 1.94. The summed E-state index contributed by atoms with van der Waals surface area (Å²) >= 11 is 11.1. The molecular formula is C7H7Cl2NO2. The van der Waals surface area contributed by atoms with Gasteiger partial charge in [-0.2, -0.15) is 0 Å². The molecule has 0 aromatic heterocycles. The molecule has 0 saturated carbocycles. The van der Waals surface area contributed by atoms with Crippen LogP contribution in [0.5, 0.6) is 0 Å². The van der Waals surface area contributed by atoms with Crippen molar-refractivity contribution in [3.05, 3.63) is 44.4 Å². The second kappa shape index (κ2) is 5.80. The molecule has 12 heavy (non-hydrogen) atoms. The van der Waals surface area contributed by atoms with E-state index in [1.165, 1.54) is 0 Å². The number of nitro groups is 1. The summed E-state index contributed by atoms with van der Waals surface area (Å²) < 4.78 is 0. The Morgan fingerprint density at radius 2 is 1.33 bits per heavy atom. The Hall–Kier alpha value is -0.800. The fourth-order valence-corrected chi connectivity index (χ4v) is 0.682. The first-order valence-electron chi connectivity index (χ1n) is 3.01. The SMILES string of the molecule is C[N+](=O)[O-].Clc1ccc(Cl)cc1. The van der Waals surface area contributed by atoms with Crippen LogP contribution in [0, 0.1) is 10.1 Å². The van der Waals surface area contributed by atoms with Gasteiger partial charge in [-0.15, -0.1) is 0 Å². The van der Waals surface area contributed by atoms with Crippen LogP contribution in [0.15, 0.2) is 24.3 Å². The first-order chi connectivity index (χ1) is 5.52. The minimum absolute atomic E-state index is 0.500. The standard InChI is InChI=1S/C6H4Cl2.CH3NO2/c7-5-1-2-6(8)4-3-5;1-2(3)4/h1-4H;1H3. The maximum atomic E-state index is 8.81. The van der Waals surface area contributed by atoms with E-state index >= 15 is 0 Å². The van der Waals surface area contributed by atoms with Crippen molar-refractivity contribution in [1.82, 2.24) is 0 Å². The second-order valence-electron chi connectivity index (χ2n) is 1.88. The molecule has 0 atom stereocenters. The van der Waals surface area contributed by atoms with Crippen molar-refractivity contribution in [2.24, 2.45) is 0 Å². The first-order valence-corrected chi connectivity index (χ1v) is 3.77. The Bertz CT molecular complexity index is 223. The monoisotopic (exact) mass is 207 g/mol. The Morgan fingerprint density at radius 3 is 1.50 bits per heavy atom. The van der Waals surface area contributed by atoms with Gasteiger partial charge in [-0.25, -0.2) is 0 Å². The van der Waals surface area contributed by atoms with Gasteiger partial charge in [0.1, 0.15) is 0 Å². The molecule has 0 aliphatic carbocycles. The molecule has 0 saturated heterocycles. The number of benzene rings is 1.